The van der Waals surface area contributed by atoms with E-state index in [9.17, 15) is 0 Å². The van der Waals surface area contributed by atoms with Crippen molar-refractivity contribution < 1.29 is 4.74 Å². The van der Waals surface area contributed by atoms with Gasteiger partial charge < -0.3 is 9.64 Å². The molecular weight excluding hydrogens is 212 g/mol. The van der Waals surface area contributed by atoms with Crippen LogP contribution >= 0.6 is 0 Å². The fraction of sp³-hybridized carbons (Fsp3) is 1.00. The zero-order chi connectivity index (χ0) is 11.9. The minimum atomic E-state index is 0.437. The molecule has 3 heteroatoms. The third kappa shape index (κ3) is 2.13. The molecule has 0 aromatic rings. The molecule has 0 aromatic carbocycles. The molecule has 98 valence electrons. The average molecular weight is 238 g/mol. The second-order valence-corrected chi connectivity index (χ2v) is 6.68. The number of hydrogen-bond acceptors (Lipinski definition) is 3. The molecule has 0 bridgehead atoms. The highest BCUT2D eigenvalue weighted by atomic mass is 16.5. The van der Waals surface area contributed by atoms with Gasteiger partial charge in [-0.25, -0.2) is 0 Å². The Balaban J connectivity index is 1.70. The first-order valence-corrected chi connectivity index (χ1v) is 7.16. The third-order valence-electron chi connectivity index (χ3n) is 5.02. The van der Waals surface area contributed by atoms with E-state index in [1.54, 1.807) is 0 Å². The largest absolute Gasteiger partial charge is 0.380 e. The maximum atomic E-state index is 5.77. The molecule has 0 aromatic heterocycles. The number of rotatable bonds is 3. The number of likely N-dealkylation sites (tertiary alicyclic amines) is 1. The standard InChI is InChI=1S/C14H26N2O/c1-15(2)9-14-10-16(13-5-3-4-6-13)7-12(14)8-17-11-14/h12-13H,3-11H2,1-2H3/t12-,14+/m1/s1. The molecule has 0 N–H and O–H groups in total. The fourth-order valence-corrected chi connectivity index (χ4v) is 4.27. The van der Waals surface area contributed by atoms with Crippen LogP contribution in [0.25, 0.3) is 0 Å². The van der Waals surface area contributed by atoms with Crippen molar-refractivity contribution in [3.05, 3.63) is 0 Å². The Kier molecular flexibility index (Phi) is 3.18. The van der Waals surface area contributed by atoms with Crippen LogP contribution in [0.5, 0.6) is 0 Å². The van der Waals surface area contributed by atoms with Crippen molar-refractivity contribution in [2.24, 2.45) is 11.3 Å². The first kappa shape index (κ1) is 11.9. The molecule has 0 radical (unpaired) electrons. The predicted molar refractivity (Wildman–Crippen MR) is 69.1 cm³/mol. The van der Waals surface area contributed by atoms with E-state index in [4.69, 9.17) is 4.74 Å². The summed E-state index contributed by atoms with van der Waals surface area (Å²) in [7, 11) is 4.39. The van der Waals surface area contributed by atoms with Gasteiger partial charge in [-0.2, -0.15) is 0 Å². The van der Waals surface area contributed by atoms with Crippen molar-refractivity contribution in [1.82, 2.24) is 9.80 Å². The van der Waals surface area contributed by atoms with Gasteiger partial charge in [-0.1, -0.05) is 12.8 Å². The van der Waals surface area contributed by atoms with Crippen LogP contribution in [0.15, 0.2) is 0 Å². The molecule has 0 unspecified atom stereocenters. The summed E-state index contributed by atoms with van der Waals surface area (Å²) in [6.07, 6.45) is 5.77. The van der Waals surface area contributed by atoms with Crippen molar-refractivity contribution in [1.29, 1.82) is 0 Å². The Morgan fingerprint density at radius 1 is 1.29 bits per heavy atom. The first-order chi connectivity index (χ1) is 8.20. The molecule has 0 amide bonds. The molecule has 3 fully saturated rings. The van der Waals surface area contributed by atoms with Gasteiger partial charge in [-0.15, -0.1) is 0 Å². The normalized spacial score (nSPS) is 39.4. The summed E-state index contributed by atoms with van der Waals surface area (Å²) in [4.78, 5) is 5.13. The van der Waals surface area contributed by atoms with E-state index in [1.165, 1.54) is 45.3 Å². The van der Waals surface area contributed by atoms with Gasteiger partial charge >= 0.3 is 0 Å². The maximum Gasteiger partial charge on any atom is 0.0551 e. The zero-order valence-corrected chi connectivity index (χ0v) is 11.3. The quantitative estimate of drug-likeness (QED) is 0.740. The van der Waals surface area contributed by atoms with Gasteiger partial charge in [-0.3, -0.25) is 4.90 Å². The fourth-order valence-electron chi connectivity index (χ4n) is 4.27. The first-order valence-electron chi connectivity index (χ1n) is 7.16. The van der Waals surface area contributed by atoms with Gasteiger partial charge in [-0.05, 0) is 26.9 Å². The third-order valence-corrected chi connectivity index (χ3v) is 5.02. The molecular formula is C14H26N2O. The summed E-state index contributed by atoms with van der Waals surface area (Å²) in [5.41, 5.74) is 0.437. The Morgan fingerprint density at radius 2 is 2.06 bits per heavy atom. The van der Waals surface area contributed by atoms with Crippen molar-refractivity contribution in [3.8, 4) is 0 Å². The van der Waals surface area contributed by atoms with Crippen LogP contribution < -0.4 is 0 Å². The van der Waals surface area contributed by atoms with Crippen molar-refractivity contribution in [2.75, 3.05) is 46.9 Å². The number of fused-ring (bicyclic) bond motifs is 1. The molecule has 3 rings (SSSR count). The summed E-state index contributed by atoms with van der Waals surface area (Å²) < 4.78 is 5.77. The van der Waals surface area contributed by atoms with Gasteiger partial charge in [0.05, 0.1) is 13.2 Å². The van der Waals surface area contributed by atoms with Crippen LogP contribution in [-0.4, -0.2) is 62.8 Å². The van der Waals surface area contributed by atoms with Crippen molar-refractivity contribution >= 4 is 0 Å². The highest BCUT2D eigenvalue weighted by Crippen LogP contribution is 2.43. The van der Waals surface area contributed by atoms with E-state index in [2.05, 4.69) is 23.9 Å². The Hall–Kier alpha value is -0.120. The number of nitrogens with zero attached hydrogens (tertiary/aromatic N) is 2. The van der Waals surface area contributed by atoms with Gasteiger partial charge in [0, 0.05) is 37.0 Å². The highest BCUT2D eigenvalue weighted by Gasteiger charge is 2.51. The monoisotopic (exact) mass is 238 g/mol. The van der Waals surface area contributed by atoms with Crippen LogP contribution in [0.2, 0.25) is 0 Å². The minimum absolute atomic E-state index is 0.437. The van der Waals surface area contributed by atoms with Gasteiger partial charge in [0.2, 0.25) is 0 Å². The van der Waals surface area contributed by atoms with E-state index >= 15 is 0 Å². The summed E-state index contributed by atoms with van der Waals surface area (Å²) in [5.74, 6) is 0.783. The molecule has 2 atom stereocenters. The molecule has 2 saturated heterocycles. The van der Waals surface area contributed by atoms with E-state index < -0.39 is 0 Å². The summed E-state index contributed by atoms with van der Waals surface area (Å²) in [5, 5.41) is 0. The van der Waals surface area contributed by atoms with E-state index in [-0.39, 0.29) is 0 Å². The summed E-state index contributed by atoms with van der Waals surface area (Å²) in [6, 6.07) is 0.889. The Bertz CT molecular complexity index is 275. The lowest BCUT2D eigenvalue weighted by Crippen LogP contribution is -2.41. The average Bonchev–Trinajstić information content (AvgIpc) is 2.87. The number of ether oxygens (including phenoxy) is 1. The molecule has 3 aliphatic rings. The lowest BCUT2D eigenvalue weighted by Gasteiger charge is -2.31. The molecule has 2 heterocycles. The van der Waals surface area contributed by atoms with E-state index in [1.807, 2.05) is 0 Å². The highest BCUT2D eigenvalue weighted by molar-refractivity contribution is 5.03. The second kappa shape index (κ2) is 4.52. The topological polar surface area (TPSA) is 15.7 Å². The Morgan fingerprint density at radius 3 is 2.76 bits per heavy atom. The van der Waals surface area contributed by atoms with Crippen LogP contribution in [0.1, 0.15) is 25.7 Å². The van der Waals surface area contributed by atoms with E-state index in [0.717, 1.165) is 25.2 Å². The van der Waals surface area contributed by atoms with Crippen molar-refractivity contribution in [2.45, 2.75) is 31.7 Å². The van der Waals surface area contributed by atoms with Gasteiger partial charge in [0.1, 0.15) is 0 Å². The lowest BCUT2D eigenvalue weighted by atomic mass is 9.81. The lowest BCUT2D eigenvalue weighted by molar-refractivity contribution is 0.0995. The molecule has 3 nitrogen and oxygen atoms in total. The minimum Gasteiger partial charge on any atom is -0.380 e. The summed E-state index contributed by atoms with van der Waals surface area (Å²) >= 11 is 0. The molecule has 0 spiro atoms. The molecule has 17 heavy (non-hydrogen) atoms. The predicted octanol–water partition coefficient (Wildman–Crippen LogP) is 1.44. The van der Waals surface area contributed by atoms with Gasteiger partial charge in [0.15, 0.2) is 0 Å². The Labute approximate surface area is 105 Å². The molecule has 2 aliphatic heterocycles. The van der Waals surface area contributed by atoms with Crippen LogP contribution in [0.3, 0.4) is 0 Å². The van der Waals surface area contributed by atoms with Crippen LogP contribution in [0, 0.1) is 11.3 Å². The number of hydrogen-bond donors (Lipinski definition) is 0. The smallest absolute Gasteiger partial charge is 0.0551 e. The SMILES string of the molecule is CN(C)C[C@]12COC[C@H]1CN(C1CCCC1)C2. The van der Waals surface area contributed by atoms with E-state index in [0.29, 0.717) is 5.41 Å². The maximum absolute atomic E-state index is 5.77. The molecule has 1 aliphatic carbocycles. The van der Waals surface area contributed by atoms with Gasteiger partial charge in [0.25, 0.3) is 0 Å². The van der Waals surface area contributed by atoms with Crippen LogP contribution in [-0.2, 0) is 4.74 Å². The zero-order valence-electron chi connectivity index (χ0n) is 11.3. The second-order valence-electron chi connectivity index (χ2n) is 6.68. The summed E-state index contributed by atoms with van der Waals surface area (Å²) in [6.45, 7) is 5.75. The van der Waals surface area contributed by atoms with Crippen molar-refractivity contribution in [3.63, 3.8) is 0 Å². The van der Waals surface area contributed by atoms with Crippen LogP contribution in [0.4, 0.5) is 0 Å². The molecule has 1 saturated carbocycles.